The summed E-state index contributed by atoms with van der Waals surface area (Å²) < 4.78 is 0. The Bertz CT molecular complexity index is 918. The molecule has 150 valence electrons. The molecule has 0 radical (unpaired) electrons. The van der Waals surface area contributed by atoms with E-state index in [-0.39, 0.29) is 17.2 Å². The Morgan fingerprint density at radius 3 is 2.55 bits per heavy atom. The predicted octanol–water partition coefficient (Wildman–Crippen LogP) is 1.45. The van der Waals surface area contributed by atoms with Crippen molar-refractivity contribution >= 4 is 29.2 Å². The van der Waals surface area contributed by atoms with Crippen molar-refractivity contribution in [1.82, 2.24) is 20.7 Å². The van der Waals surface area contributed by atoms with Crippen LogP contribution in [0.25, 0.3) is 0 Å². The molecule has 0 spiro atoms. The van der Waals surface area contributed by atoms with Gasteiger partial charge >= 0.3 is 6.03 Å². The standard InChI is InChI=1S/C18H18N6O5/c25-16(12-5-7-14(8-6-12)24(28)29)21-22-18(27)23-10-2-4-15(23)17(26)20-13-3-1-9-19-11-13/h1,3,5-9,11,15H,2,4,10H2,(H,20,26)(H,21,25)(H,22,27)/t15-/m1/s1. The molecule has 3 rings (SSSR count). The van der Waals surface area contributed by atoms with Crippen LogP contribution in [0, 0.1) is 10.1 Å². The van der Waals surface area contributed by atoms with Gasteiger partial charge in [0.15, 0.2) is 0 Å². The topological polar surface area (TPSA) is 147 Å². The summed E-state index contributed by atoms with van der Waals surface area (Å²) in [6, 6.07) is 7.01. The third-order valence-corrected chi connectivity index (χ3v) is 4.37. The van der Waals surface area contributed by atoms with Crippen molar-refractivity contribution in [2.45, 2.75) is 18.9 Å². The molecular formula is C18H18N6O5. The summed E-state index contributed by atoms with van der Waals surface area (Å²) in [6.07, 6.45) is 4.23. The van der Waals surface area contributed by atoms with Gasteiger partial charge in [-0.25, -0.2) is 10.2 Å². The number of hydrazine groups is 1. The zero-order valence-corrected chi connectivity index (χ0v) is 15.2. The maximum atomic E-state index is 12.5. The van der Waals surface area contributed by atoms with Crippen LogP contribution in [0.4, 0.5) is 16.2 Å². The minimum absolute atomic E-state index is 0.142. The lowest BCUT2D eigenvalue weighted by atomic mass is 10.2. The molecule has 4 amide bonds. The number of non-ortho nitro benzene ring substituents is 1. The van der Waals surface area contributed by atoms with Gasteiger partial charge in [0.1, 0.15) is 6.04 Å². The second kappa shape index (κ2) is 8.78. The average molecular weight is 398 g/mol. The summed E-state index contributed by atoms with van der Waals surface area (Å²) in [7, 11) is 0. The number of hydrogen-bond donors (Lipinski definition) is 3. The molecule has 1 aromatic carbocycles. The lowest BCUT2D eigenvalue weighted by Gasteiger charge is -2.24. The second-order valence-corrected chi connectivity index (χ2v) is 6.27. The Labute approximate surface area is 165 Å². The Kier molecular flexibility index (Phi) is 5.97. The number of urea groups is 1. The molecule has 1 aliphatic rings. The zero-order valence-electron chi connectivity index (χ0n) is 15.2. The van der Waals surface area contributed by atoms with Crippen LogP contribution in [0.1, 0.15) is 23.2 Å². The monoisotopic (exact) mass is 398 g/mol. The SMILES string of the molecule is O=C(NNC(=O)N1CCC[C@@H]1C(=O)Nc1cccnc1)c1ccc([N+](=O)[O-])cc1. The zero-order chi connectivity index (χ0) is 20.8. The van der Waals surface area contributed by atoms with E-state index in [0.29, 0.717) is 25.1 Å². The summed E-state index contributed by atoms with van der Waals surface area (Å²) in [5.74, 6) is -0.976. The van der Waals surface area contributed by atoms with Gasteiger partial charge in [0.25, 0.3) is 11.6 Å². The number of anilines is 1. The van der Waals surface area contributed by atoms with Gasteiger partial charge in [0.2, 0.25) is 5.91 Å². The van der Waals surface area contributed by atoms with Crippen LogP contribution in [-0.4, -0.2) is 45.2 Å². The Morgan fingerprint density at radius 2 is 1.90 bits per heavy atom. The van der Waals surface area contributed by atoms with Gasteiger partial charge in [0.05, 0.1) is 16.8 Å². The fourth-order valence-electron chi connectivity index (χ4n) is 2.93. The highest BCUT2D eigenvalue weighted by atomic mass is 16.6. The van der Waals surface area contributed by atoms with Crippen LogP contribution in [0.5, 0.6) is 0 Å². The number of amides is 4. The number of likely N-dealkylation sites (tertiary alicyclic amines) is 1. The molecule has 2 heterocycles. The van der Waals surface area contributed by atoms with Crippen molar-refractivity contribution in [3.05, 3.63) is 64.5 Å². The fraction of sp³-hybridized carbons (Fsp3) is 0.222. The molecule has 1 aliphatic heterocycles. The lowest BCUT2D eigenvalue weighted by molar-refractivity contribution is -0.384. The molecule has 1 aromatic heterocycles. The van der Waals surface area contributed by atoms with E-state index in [1.54, 1.807) is 18.3 Å². The van der Waals surface area contributed by atoms with E-state index in [9.17, 15) is 24.5 Å². The predicted molar refractivity (Wildman–Crippen MR) is 102 cm³/mol. The summed E-state index contributed by atoms with van der Waals surface area (Å²) in [5.41, 5.74) is 5.03. The van der Waals surface area contributed by atoms with Crippen LogP contribution in [0.15, 0.2) is 48.8 Å². The van der Waals surface area contributed by atoms with E-state index >= 15 is 0 Å². The van der Waals surface area contributed by atoms with Crippen LogP contribution >= 0.6 is 0 Å². The molecule has 29 heavy (non-hydrogen) atoms. The highest BCUT2D eigenvalue weighted by molar-refractivity contribution is 5.98. The molecular weight excluding hydrogens is 380 g/mol. The molecule has 0 saturated carbocycles. The lowest BCUT2D eigenvalue weighted by Crippen LogP contribution is -2.52. The largest absolute Gasteiger partial charge is 0.336 e. The number of carbonyl (C=O) groups is 3. The first-order chi connectivity index (χ1) is 14.0. The number of rotatable bonds is 4. The number of aromatic nitrogens is 1. The van der Waals surface area contributed by atoms with E-state index in [1.165, 1.54) is 35.4 Å². The normalized spacial score (nSPS) is 15.4. The van der Waals surface area contributed by atoms with Crippen molar-refractivity contribution in [3.8, 4) is 0 Å². The number of nitro benzene ring substituents is 1. The van der Waals surface area contributed by atoms with Crippen molar-refractivity contribution in [2.24, 2.45) is 0 Å². The molecule has 3 N–H and O–H groups in total. The molecule has 1 saturated heterocycles. The number of nitro groups is 1. The molecule has 0 bridgehead atoms. The number of benzene rings is 1. The first-order valence-corrected chi connectivity index (χ1v) is 8.78. The molecule has 1 atom stereocenters. The Balaban J connectivity index is 1.55. The maximum Gasteiger partial charge on any atom is 0.336 e. The minimum atomic E-state index is -0.675. The van der Waals surface area contributed by atoms with Crippen LogP contribution in [0.2, 0.25) is 0 Å². The molecule has 11 heteroatoms. The summed E-state index contributed by atoms with van der Waals surface area (Å²) in [6.45, 7) is 0.365. The number of carbonyl (C=O) groups excluding carboxylic acids is 3. The Morgan fingerprint density at radius 1 is 1.14 bits per heavy atom. The van der Waals surface area contributed by atoms with Gasteiger partial charge in [-0.05, 0) is 37.1 Å². The second-order valence-electron chi connectivity index (χ2n) is 6.27. The highest BCUT2D eigenvalue weighted by Gasteiger charge is 2.34. The van der Waals surface area contributed by atoms with Gasteiger partial charge in [0, 0.05) is 30.4 Å². The van der Waals surface area contributed by atoms with Gasteiger partial charge in [-0.3, -0.25) is 30.1 Å². The van der Waals surface area contributed by atoms with Gasteiger partial charge < -0.3 is 10.2 Å². The van der Waals surface area contributed by atoms with Crippen LogP contribution in [0.3, 0.4) is 0 Å². The van der Waals surface area contributed by atoms with Crippen LogP contribution in [-0.2, 0) is 4.79 Å². The quantitative estimate of drug-likeness (QED) is 0.525. The number of nitrogens with one attached hydrogen (secondary N) is 3. The molecule has 2 aromatic rings. The van der Waals surface area contributed by atoms with Gasteiger partial charge in [-0.1, -0.05) is 0 Å². The number of pyridine rings is 1. The first-order valence-electron chi connectivity index (χ1n) is 8.78. The molecule has 0 aliphatic carbocycles. The molecule has 1 fully saturated rings. The molecule has 0 unspecified atom stereocenters. The van der Waals surface area contributed by atoms with E-state index in [2.05, 4.69) is 21.2 Å². The van der Waals surface area contributed by atoms with Crippen molar-refractivity contribution in [3.63, 3.8) is 0 Å². The van der Waals surface area contributed by atoms with Gasteiger partial charge in [-0.15, -0.1) is 0 Å². The summed E-state index contributed by atoms with van der Waals surface area (Å²) >= 11 is 0. The van der Waals surface area contributed by atoms with E-state index in [0.717, 1.165) is 0 Å². The minimum Gasteiger partial charge on any atom is -0.323 e. The Hall–Kier alpha value is -4.02. The van der Waals surface area contributed by atoms with Gasteiger partial charge in [-0.2, -0.15) is 0 Å². The summed E-state index contributed by atoms with van der Waals surface area (Å²) in [5, 5.41) is 13.4. The van der Waals surface area contributed by atoms with Crippen LogP contribution < -0.4 is 16.2 Å². The van der Waals surface area contributed by atoms with Crippen molar-refractivity contribution in [2.75, 3.05) is 11.9 Å². The third-order valence-electron chi connectivity index (χ3n) is 4.37. The summed E-state index contributed by atoms with van der Waals surface area (Å²) in [4.78, 5) is 52.3. The molecule has 11 nitrogen and oxygen atoms in total. The van der Waals surface area contributed by atoms with E-state index < -0.39 is 22.9 Å². The third kappa shape index (κ3) is 4.83. The smallest absolute Gasteiger partial charge is 0.323 e. The average Bonchev–Trinajstić information content (AvgIpc) is 3.23. The maximum absolute atomic E-state index is 12.5. The number of nitrogens with zero attached hydrogens (tertiary/aromatic N) is 3. The fourth-order valence-corrected chi connectivity index (χ4v) is 2.93. The van der Waals surface area contributed by atoms with E-state index in [4.69, 9.17) is 0 Å². The van der Waals surface area contributed by atoms with E-state index in [1.807, 2.05) is 0 Å². The first kappa shape index (κ1) is 19.7. The number of hydrogen-bond acceptors (Lipinski definition) is 6. The highest BCUT2D eigenvalue weighted by Crippen LogP contribution is 2.19. The van der Waals surface area contributed by atoms with Crippen molar-refractivity contribution < 1.29 is 19.3 Å². The van der Waals surface area contributed by atoms with Crippen molar-refractivity contribution in [1.29, 1.82) is 0 Å².